The summed E-state index contributed by atoms with van der Waals surface area (Å²) >= 11 is 0. The maximum Gasteiger partial charge on any atom is 0.308 e. The predicted molar refractivity (Wildman–Crippen MR) is 175 cm³/mol. The van der Waals surface area contributed by atoms with E-state index in [0.29, 0.717) is 18.3 Å². The molecule has 2 aromatic rings. The number of carbonyl (C=O) groups excluding carboxylic acids is 1. The minimum Gasteiger partial charge on any atom is -0.507 e. The molecule has 1 spiro atoms. The summed E-state index contributed by atoms with van der Waals surface area (Å²) in [5.74, 6) is 1.97. The van der Waals surface area contributed by atoms with Crippen molar-refractivity contribution in [2.24, 2.45) is 22.1 Å². The molecule has 4 heterocycles. The predicted octanol–water partition coefficient (Wildman–Crippen LogP) is 3.77. The van der Waals surface area contributed by atoms with Crippen molar-refractivity contribution in [3.05, 3.63) is 77.3 Å². The van der Waals surface area contributed by atoms with Crippen LogP contribution >= 0.6 is 0 Å². The van der Waals surface area contributed by atoms with Gasteiger partial charge in [0.2, 0.25) is 5.95 Å². The number of aliphatic imine (C=N–C) groups is 1. The SMILES string of the molecule is COC(=O)C1CC2(CC(=C/C=C(/C=C3\C(N)=NC[C@@H]4CN(c5nccc(C6CCNCC6)n5)CCN34)c3ccccc3O)C2)C1. The molecule has 5 aliphatic rings. The molecule has 10 nitrogen and oxygen atoms in total. The Morgan fingerprint density at radius 2 is 1.96 bits per heavy atom. The number of aromatic nitrogens is 2. The van der Waals surface area contributed by atoms with Gasteiger partial charge < -0.3 is 30.7 Å². The first-order chi connectivity index (χ1) is 21.9. The van der Waals surface area contributed by atoms with Crippen molar-refractivity contribution < 1.29 is 14.6 Å². The Morgan fingerprint density at radius 1 is 1.16 bits per heavy atom. The van der Waals surface area contributed by atoms with E-state index in [2.05, 4.69) is 44.4 Å². The number of phenolic OH excluding ortho intramolecular Hbond substituents is 1. The van der Waals surface area contributed by atoms with Gasteiger partial charge in [-0.2, -0.15) is 0 Å². The largest absolute Gasteiger partial charge is 0.507 e. The number of fused-ring (bicyclic) bond motifs is 1. The van der Waals surface area contributed by atoms with Crippen molar-refractivity contribution in [3.8, 4) is 5.75 Å². The van der Waals surface area contributed by atoms with Crippen LogP contribution in [0.3, 0.4) is 0 Å². The molecule has 4 N–H and O–H groups in total. The van der Waals surface area contributed by atoms with E-state index < -0.39 is 0 Å². The standard InChI is InChI=1S/C35H43N7O3/c1-45-33(44)26-19-35(20-26)17-23(18-35)6-7-25(28-4-2-3-5-31(28)43)16-30-32(36)39-21-27-22-41(14-15-42(27)30)34-38-13-10-29(40-34)24-8-11-37-12-9-24/h2-7,10,13,16,24,26-27,37,43H,8-9,11-12,14-15,17-22H2,1H3,(H2,36,39)/b23-6?,25-7-,30-16+/t26?,27-,35?/m1/s1. The molecule has 2 saturated carbocycles. The highest BCUT2D eigenvalue weighted by molar-refractivity contribution is 6.00. The summed E-state index contributed by atoms with van der Waals surface area (Å²) in [6.07, 6.45) is 14.3. The summed E-state index contributed by atoms with van der Waals surface area (Å²) in [6, 6.07) is 9.63. The summed E-state index contributed by atoms with van der Waals surface area (Å²) in [7, 11) is 1.47. The van der Waals surface area contributed by atoms with Crippen molar-refractivity contribution in [2.75, 3.05) is 51.3 Å². The molecule has 2 aliphatic carbocycles. The zero-order valence-corrected chi connectivity index (χ0v) is 26.0. The van der Waals surface area contributed by atoms with Gasteiger partial charge in [-0.15, -0.1) is 0 Å². The number of phenols is 1. The Bertz CT molecular complexity index is 1560. The fourth-order valence-corrected chi connectivity index (χ4v) is 7.88. The van der Waals surface area contributed by atoms with Gasteiger partial charge in [-0.05, 0) is 80.8 Å². The Kier molecular flexibility index (Phi) is 8.08. The topological polar surface area (TPSA) is 129 Å². The lowest BCUT2D eigenvalue weighted by Crippen LogP contribution is -2.57. The van der Waals surface area contributed by atoms with Crippen LogP contribution in [0.2, 0.25) is 0 Å². The molecule has 0 unspecified atom stereocenters. The number of allylic oxidation sites excluding steroid dienone is 5. The van der Waals surface area contributed by atoms with Crippen LogP contribution in [0.15, 0.2) is 71.0 Å². The number of nitrogens with zero attached hydrogens (tertiary/aromatic N) is 5. The van der Waals surface area contributed by atoms with E-state index in [4.69, 9.17) is 20.4 Å². The number of rotatable bonds is 6. The van der Waals surface area contributed by atoms with E-state index in [-0.39, 0.29) is 29.1 Å². The number of methoxy groups -OCH3 is 1. The van der Waals surface area contributed by atoms with Crippen molar-refractivity contribution >= 4 is 23.3 Å². The highest BCUT2D eigenvalue weighted by atomic mass is 16.5. The molecule has 2 saturated heterocycles. The lowest BCUT2D eigenvalue weighted by atomic mass is 9.50. The Labute approximate surface area is 264 Å². The molecule has 0 amide bonds. The fourth-order valence-electron chi connectivity index (χ4n) is 7.88. The second-order valence-electron chi connectivity index (χ2n) is 13.3. The van der Waals surface area contributed by atoms with E-state index in [1.807, 2.05) is 24.4 Å². The maximum absolute atomic E-state index is 11.9. The number of carbonyl (C=O) groups is 1. The van der Waals surface area contributed by atoms with Gasteiger partial charge in [-0.25, -0.2) is 9.97 Å². The van der Waals surface area contributed by atoms with Crippen molar-refractivity contribution in [1.82, 2.24) is 20.2 Å². The fraction of sp³-hybridized carbons (Fsp3) is 0.486. The zero-order chi connectivity index (χ0) is 31.0. The van der Waals surface area contributed by atoms with Gasteiger partial charge in [-0.3, -0.25) is 9.79 Å². The summed E-state index contributed by atoms with van der Waals surface area (Å²) in [5.41, 5.74) is 11.8. The van der Waals surface area contributed by atoms with Gasteiger partial charge in [0.1, 0.15) is 11.6 Å². The first-order valence-electron chi connectivity index (χ1n) is 16.2. The second kappa shape index (κ2) is 12.3. The number of piperidine rings is 1. The van der Waals surface area contributed by atoms with Gasteiger partial charge in [-0.1, -0.05) is 35.9 Å². The summed E-state index contributed by atoms with van der Waals surface area (Å²) < 4.78 is 4.93. The monoisotopic (exact) mass is 609 g/mol. The molecule has 7 rings (SSSR count). The third-order valence-corrected chi connectivity index (χ3v) is 10.3. The molecule has 0 bridgehead atoms. The quantitative estimate of drug-likeness (QED) is 0.419. The van der Waals surface area contributed by atoms with Crippen LogP contribution in [0, 0.1) is 11.3 Å². The van der Waals surface area contributed by atoms with Crippen LogP contribution in [-0.4, -0.2) is 84.2 Å². The minimum atomic E-state index is -0.0875. The highest BCUT2D eigenvalue weighted by Crippen LogP contribution is 2.61. The number of anilines is 1. The molecule has 3 aliphatic heterocycles. The Hall–Kier alpha value is -4.18. The van der Waals surface area contributed by atoms with Gasteiger partial charge >= 0.3 is 5.97 Å². The van der Waals surface area contributed by atoms with Gasteiger partial charge in [0, 0.05) is 43.0 Å². The number of aromatic hydroxyl groups is 1. The number of hydrogen-bond acceptors (Lipinski definition) is 10. The van der Waals surface area contributed by atoms with E-state index in [0.717, 1.165) is 99.7 Å². The lowest BCUT2D eigenvalue weighted by molar-refractivity contribution is -0.155. The van der Waals surface area contributed by atoms with E-state index in [9.17, 15) is 9.90 Å². The number of para-hydroxylation sites is 1. The van der Waals surface area contributed by atoms with Crippen molar-refractivity contribution in [1.29, 1.82) is 0 Å². The van der Waals surface area contributed by atoms with Gasteiger partial charge in [0.05, 0.1) is 31.3 Å². The summed E-state index contributed by atoms with van der Waals surface area (Å²) in [5, 5.41) is 14.3. The molecule has 10 heteroatoms. The molecule has 1 aromatic carbocycles. The molecule has 0 radical (unpaired) electrons. The highest BCUT2D eigenvalue weighted by Gasteiger charge is 2.53. The van der Waals surface area contributed by atoms with E-state index in [1.54, 1.807) is 6.07 Å². The smallest absolute Gasteiger partial charge is 0.308 e. The maximum atomic E-state index is 11.9. The van der Waals surface area contributed by atoms with Crippen LogP contribution in [0.1, 0.15) is 55.7 Å². The third kappa shape index (κ3) is 5.95. The molecule has 4 fully saturated rings. The molecular weight excluding hydrogens is 566 g/mol. The van der Waals surface area contributed by atoms with Crippen LogP contribution < -0.4 is 16.0 Å². The van der Waals surface area contributed by atoms with Crippen LogP contribution in [0.4, 0.5) is 5.95 Å². The van der Waals surface area contributed by atoms with Gasteiger partial charge in [0.15, 0.2) is 0 Å². The van der Waals surface area contributed by atoms with E-state index in [1.165, 1.54) is 12.7 Å². The van der Waals surface area contributed by atoms with Crippen LogP contribution in [0.5, 0.6) is 5.75 Å². The molecule has 1 aromatic heterocycles. The Balaban J connectivity index is 1.10. The normalized spacial score (nSPS) is 27.8. The van der Waals surface area contributed by atoms with Crippen LogP contribution in [-0.2, 0) is 9.53 Å². The summed E-state index contributed by atoms with van der Waals surface area (Å²) in [4.78, 5) is 30.9. The minimum absolute atomic E-state index is 0.0422. The van der Waals surface area contributed by atoms with Crippen molar-refractivity contribution in [2.45, 2.75) is 50.5 Å². The number of esters is 1. The molecular formula is C35H43N7O3. The molecule has 236 valence electrons. The third-order valence-electron chi connectivity index (χ3n) is 10.3. The zero-order valence-electron chi connectivity index (χ0n) is 26.0. The average Bonchev–Trinajstić information content (AvgIpc) is 3.04. The number of nitrogens with two attached hydrogens (primary N) is 1. The van der Waals surface area contributed by atoms with E-state index >= 15 is 0 Å². The number of ether oxygens (including phenoxy) is 1. The number of piperazine rings is 1. The summed E-state index contributed by atoms with van der Waals surface area (Å²) in [6.45, 7) is 5.00. The van der Waals surface area contributed by atoms with Crippen molar-refractivity contribution in [3.63, 3.8) is 0 Å². The number of amidine groups is 1. The van der Waals surface area contributed by atoms with Gasteiger partial charge in [0.25, 0.3) is 0 Å². The Morgan fingerprint density at radius 3 is 2.73 bits per heavy atom. The first kappa shape index (κ1) is 29.5. The first-order valence-corrected chi connectivity index (χ1v) is 16.2. The second-order valence-corrected chi connectivity index (χ2v) is 13.3. The number of hydrogen-bond donors (Lipinski definition) is 3. The van der Waals surface area contributed by atoms with Crippen LogP contribution in [0.25, 0.3) is 5.57 Å². The number of benzene rings is 1. The average molecular weight is 610 g/mol. The molecule has 1 atom stereocenters. The molecule has 45 heavy (non-hydrogen) atoms. The number of nitrogens with one attached hydrogen (secondary N) is 1. The lowest BCUT2D eigenvalue weighted by Gasteiger charge is -2.54.